The molecule has 0 spiro atoms. The van der Waals surface area contributed by atoms with Crippen molar-refractivity contribution >= 4 is 26.4 Å². The Morgan fingerprint density at radius 2 is 1.22 bits per heavy atom. The SMILES string of the molecule is CCCCC[CH2][Ge]([CH2]CCCCC)([N]1C=NCC1)[N]1C=NCC1. The van der Waals surface area contributed by atoms with E-state index in [9.17, 15) is 0 Å². The van der Waals surface area contributed by atoms with Crippen LogP contribution in [-0.4, -0.2) is 60.3 Å². The predicted molar refractivity (Wildman–Crippen MR) is 104 cm³/mol. The van der Waals surface area contributed by atoms with Gasteiger partial charge in [-0.2, -0.15) is 0 Å². The molecule has 2 aliphatic rings. The second-order valence-electron chi connectivity index (χ2n) is 7.03. The van der Waals surface area contributed by atoms with Crippen LogP contribution in [0.1, 0.15) is 65.2 Å². The molecule has 0 aliphatic carbocycles. The summed E-state index contributed by atoms with van der Waals surface area (Å²) in [5.41, 5.74) is 0. The van der Waals surface area contributed by atoms with E-state index in [0.717, 1.165) is 26.2 Å². The minimum absolute atomic E-state index is 1.00. The molecule has 0 unspecified atom stereocenters. The zero-order chi connectivity index (χ0) is 16.4. The van der Waals surface area contributed by atoms with E-state index >= 15 is 0 Å². The topological polar surface area (TPSA) is 31.2 Å². The number of nitrogens with zero attached hydrogens (tertiary/aromatic N) is 4. The van der Waals surface area contributed by atoms with Crippen molar-refractivity contribution in [2.45, 2.75) is 75.7 Å². The Hall–Kier alpha value is -0.517. The summed E-state index contributed by atoms with van der Waals surface area (Å²) in [6.45, 7) is 8.93. The van der Waals surface area contributed by atoms with Crippen LogP contribution in [0.25, 0.3) is 0 Å². The van der Waals surface area contributed by atoms with Gasteiger partial charge in [0.25, 0.3) is 0 Å². The molecular formula is C18H36GeN4. The van der Waals surface area contributed by atoms with Gasteiger partial charge in [0.15, 0.2) is 0 Å². The molecule has 4 nitrogen and oxygen atoms in total. The van der Waals surface area contributed by atoms with E-state index in [1.807, 2.05) is 0 Å². The first-order chi connectivity index (χ1) is 11.3. The molecule has 0 saturated carbocycles. The molecule has 0 radical (unpaired) electrons. The molecule has 2 heterocycles. The van der Waals surface area contributed by atoms with Gasteiger partial charge in [0.1, 0.15) is 0 Å². The van der Waals surface area contributed by atoms with Crippen LogP contribution < -0.4 is 0 Å². The van der Waals surface area contributed by atoms with Crippen molar-refractivity contribution in [3.63, 3.8) is 0 Å². The van der Waals surface area contributed by atoms with Gasteiger partial charge in [-0.05, 0) is 0 Å². The molecule has 0 atom stereocenters. The first-order valence-corrected chi connectivity index (χ1v) is 14.7. The van der Waals surface area contributed by atoms with Crippen LogP contribution in [0.3, 0.4) is 0 Å². The average Bonchev–Trinajstić information content (AvgIpc) is 3.27. The number of hydrogen-bond acceptors (Lipinski definition) is 4. The number of aliphatic imine (C=N–C) groups is 2. The Bertz CT molecular complexity index is 347. The number of hydrogen-bond donors (Lipinski definition) is 0. The van der Waals surface area contributed by atoms with Gasteiger partial charge in [-0.1, -0.05) is 0 Å². The Kier molecular flexibility index (Phi) is 8.48. The molecular weight excluding hydrogens is 345 g/mol. The summed E-state index contributed by atoms with van der Waals surface area (Å²) in [5, 5.41) is 2.87. The van der Waals surface area contributed by atoms with Crippen molar-refractivity contribution in [1.82, 2.24) is 7.71 Å². The molecule has 0 fully saturated rings. The van der Waals surface area contributed by atoms with Crippen LogP contribution >= 0.6 is 0 Å². The molecule has 5 heteroatoms. The summed E-state index contributed by atoms with van der Waals surface area (Å²) in [6, 6.07) is 0. The molecule has 23 heavy (non-hydrogen) atoms. The molecule has 0 aromatic heterocycles. The second-order valence-corrected chi connectivity index (χ2v) is 15.7. The Labute approximate surface area is 146 Å². The van der Waals surface area contributed by atoms with Crippen LogP contribution in [0.5, 0.6) is 0 Å². The van der Waals surface area contributed by atoms with Crippen LogP contribution in [-0.2, 0) is 0 Å². The molecule has 0 amide bonds. The normalized spacial score (nSPS) is 17.7. The third-order valence-electron chi connectivity index (χ3n) is 5.31. The van der Waals surface area contributed by atoms with Gasteiger partial charge in [0.05, 0.1) is 0 Å². The van der Waals surface area contributed by atoms with Crippen molar-refractivity contribution in [1.29, 1.82) is 0 Å². The summed E-state index contributed by atoms with van der Waals surface area (Å²) < 4.78 is 5.43. The van der Waals surface area contributed by atoms with Crippen LogP contribution in [0, 0.1) is 0 Å². The summed E-state index contributed by atoms with van der Waals surface area (Å²) in [4.78, 5) is 9.14. The van der Waals surface area contributed by atoms with E-state index in [2.05, 4.69) is 44.2 Å². The number of rotatable bonds is 12. The fraction of sp³-hybridized carbons (Fsp3) is 0.889. The first-order valence-electron chi connectivity index (χ1n) is 9.87. The third kappa shape index (κ3) is 5.23. The van der Waals surface area contributed by atoms with Crippen molar-refractivity contribution in [3.8, 4) is 0 Å². The van der Waals surface area contributed by atoms with Gasteiger partial charge >= 0.3 is 146 Å². The van der Waals surface area contributed by atoms with Crippen LogP contribution in [0.2, 0.25) is 10.5 Å². The van der Waals surface area contributed by atoms with E-state index in [1.54, 1.807) is 0 Å². The monoisotopic (exact) mass is 382 g/mol. The Balaban J connectivity index is 2.06. The maximum absolute atomic E-state index is 4.57. The van der Waals surface area contributed by atoms with Gasteiger partial charge in [0, 0.05) is 0 Å². The first kappa shape index (κ1) is 18.8. The zero-order valence-electron chi connectivity index (χ0n) is 15.3. The third-order valence-corrected chi connectivity index (χ3v) is 16.1. The van der Waals surface area contributed by atoms with Crippen molar-refractivity contribution in [3.05, 3.63) is 0 Å². The van der Waals surface area contributed by atoms with E-state index < -0.39 is 13.7 Å². The minimum atomic E-state index is -2.29. The van der Waals surface area contributed by atoms with Gasteiger partial charge in [0.2, 0.25) is 0 Å². The molecule has 0 saturated heterocycles. The van der Waals surface area contributed by atoms with Crippen LogP contribution in [0.15, 0.2) is 9.98 Å². The fourth-order valence-electron chi connectivity index (χ4n) is 3.92. The zero-order valence-corrected chi connectivity index (χ0v) is 17.4. The summed E-state index contributed by atoms with van der Waals surface area (Å²) in [5.74, 6) is 0. The Morgan fingerprint density at radius 3 is 1.57 bits per heavy atom. The average molecular weight is 381 g/mol. The molecule has 0 aromatic rings. The molecule has 2 aliphatic heterocycles. The molecule has 0 bridgehead atoms. The van der Waals surface area contributed by atoms with Crippen LogP contribution in [0.4, 0.5) is 0 Å². The summed E-state index contributed by atoms with van der Waals surface area (Å²) >= 11 is -2.29. The number of unbranched alkanes of at least 4 members (excludes halogenated alkanes) is 6. The summed E-state index contributed by atoms with van der Waals surface area (Å²) in [6.07, 6.45) is 15.4. The summed E-state index contributed by atoms with van der Waals surface area (Å²) in [7, 11) is 0. The van der Waals surface area contributed by atoms with E-state index in [4.69, 9.17) is 0 Å². The Morgan fingerprint density at radius 1 is 0.739 bits per heavy atom. The molecule has 132 valence electrons. The van der Waals surface area contributed by atoms with Gasteiger partial charge in [-0.25, -0.2) is 0 Å². The van der Waals surface area contributed by atoms with Gasteiger partial charge < -0.3 is 0 Å². The van der Waals surface area contributed by atoms with Crippen molar-refractivity contribution in [2.24, 2.45) is 9.98 Å². The van der Waals surface area contributed by atoms with E-state index in [-0.39, 0.29) is 0 Å². The van der Waals surface area contributed by atoms with Crippen molar-refractivity contribution < 1.29 is 0 Å². The van der Waals surface area contributed by atoms with E-state index in [1.165, 1.54) is 61.9 Å². The molecule has 0 N–H and O–H groups in total. The molecule has 2 rings (SSSR count). The van der Waals surface area contributed by atoms with Crippen molar-refractivity contribution in [2.75, 3.05) is 26.2 Å². The maximum atomic E-state index is 4.57. The second kappa shape index (κ2) is 10.4. The molecule has 0 aromatic carbocycles. The fourth-order valence-corrected chi connectivity index (χ4v) is 14.4. The van der Waals surface area contributed by atoms with Gasteiger partial charge in [-0.3, -0.25) is 0 Å². The standard InChI is InChI=1S/C18H36GeN4/c1-3-5-7-9-11-19(12-10-8-6-4-2,22-15-13-20-17-22)23-16-14-21-18-23/h17-18H,3-16H2,1-2H3. The van der Waals surface area contributed by atoms with E-state index in [0.29, 0.717) is 0 Å². The predicted octanol–water partition coefficient (Wildman–Crippen LogP) is 4.28. The quantitative estimate of drug-likeness (QED) is 0.373. The van der Waals surface area contributed by atoms with Gasteiger partial charge in [-0.15, -0.1) is 0 Å².